The molecule has 1 unspecified atom stereocenters. The summed E-state index contributed by atoms with van der Waals surface area (Å²) >= 11 is 0. The molecule has 4 heteroatoms. The maximum Gasteiger partial charge on any atom is 0.251 e. The number of ether oxygens (including phenoxy) is 1. The Labute approximate surface area is 190 Å². The van der Waals surface area contributed by atoms with E-state index in [0.29, 0.717) is 11.8 Å². The molecule has 166 valence electrons. The summed E-state index contributed by atoms with van der Waals surface area (Å²) in [6.07, 6.45) is 5.83. The molecular formula is C28H32N2O2. The van der Waals surface area contributed by atoms with Gasteiger partial charge in [-0.2, -0.15) is 0 Å². The molecule has 0 spiro atoms. The van der Waals surface area contributed by atoms with Crippen LogP contribution in [0.25, 0.3) is 22.0 Å². The normalized spacial score (nSPS) is 20.6. The lowest BCUT2D eigenvalue weighted by Crippen LogP contribution is -2.44. The summed E-state index contributed by atoms with van der Waals surface area (Å²) in [6, 6.07) is 17.3. The number of piperidine rings is 1. The maximum atomic E-state index is 12.6. The number of nitrogens with zero attached hydrogens (tertiary/aromatic N) is 2. The molecule has 2 aliphatic heterocycles. The van der Waals surface area contributed by atoms with E-state index in [0.717, 1.165) is 50.9 Å². The Morgan fingerprint density at radius 3 is 2.53 bits per heavy atom. The highest BCUT2D eigenvalue weighted by molar-refractivity contribution is 5.88. The average Bonchev–Trinajstić information content (AvgIpc) is 3.39. The first kappa shape index (κ1) is 21.1. The molecule has 0 aliphatic carbocycles. The second-order valence-electron chi connectivity index (χ2n) is 9.39. The van der Waals surface area contributed by atoms with Crippen molar-refractivity contribution in [3.05, 3.63) is 65.9 Å². The molecule has 1 aromatic heterocycles. The third-order valence-electron chi connectivity index (χ3n) is 7.56. The lowest BCUT2D eigenvalue weighted by molar-refractivity contribution is -0.142. The van der Waals surface area contributed by atoms with Crippen LogP contribution in [0.1, 0.15) is 49.7 Å². The van der Waals surface area contributed by atoms with Gasteiger partial charge in [-0.15, -0.1) is 0 Å². The zero-order chi connectivity index (χ0) is 22.1. The van der Waals surface area contributed by atoms with Gasteiger partial charge in [0.25, 0.3) is 5.91 Å². The molecule has 4 nitrogen and oxygen atoms in total. The van der Waals surface area contributed by atoms with Gasteiger partial charge in [-0.25, -0.2) is 0 Å². The van der Waals surface area contributed by atoms with E-state index in [1.165, 1.54) is 27.6 Å². The van der Waals surface area contributed by atoms with E-state index in [1.807, 2.05) is 17.2 Å². The third-order valence-corrected chi connectivity index (χ3v) is 7.56. The number of benzene rings is 2. The predicted molar refractivity (Wildman–Crippen MR) is 129 cm³/mol. The number of carbonyl (C=O) groups is 1. The number of aryl methyl sites for hydroxylation is 1. The number of amides is 1. The molecule has 0 radical (unpaired) electrons. The van der Waals surface area contributed by atoms with E-state index in [9.17, 15) is 4.79 Å². The first-order valence-electron chi connectivity index (χ1n) is 12.0. The van der Waals surface area contributed by atoms with Crippen LogP contribution in [0.15, 0.2) is 54.7 Å². The molecule has 2 aromatic carbocycles. The lowest BCUT2D eigenvalue weighted by atomic mass is 9.81. The summed E-state index contributed by atoms with van der Waals surface area (Å²) in [5.41, 5.74) is 6.12. The number of carbonyl (C=O) groups excluding carboxylic acids is 1. The van der Waals surface area contributed by atoms with Crippen molar-refractivity contribution in [2.45, 2.75) is 51.6 Å². The fourth-order valence-electron chi connectivity index (χ4n) is 5.40. The smallest absolute Gasteiger partial charge is 0.251 e. The van der Waals surface area contributed by atoms with E-state index in [-0.39, 0.29) is 12.0 Å². The molecule has 2 atom stereocenters. The number of aromatic nitrogens is 1. The van der Waals surface area contributed by atoms with Crippen LogP contribution in [-0.2, 0) is 9.53 Å². The summed E-state index contributed by atoms with van der Waals surface area (Å²) in [4.78, 5) is 19.3. The molecule has 0 bridgehead atoms. The minimum Gasteiger partial charge on any atom is -0.368 e. The first-order chi connectivity index (χ1) is 15.6. The number of hydrogen-bond acceptors (Lipinski definition) is 3. The van der Waals surface area contributed by atoms with Gasteiger partial charge in [0.1, 0.15) is 6.10 Å². The van der Waals surface area contributed by atoms with Crippen molar-refractivity contribution in [2.75, 3.05) is 19.7 Å². The molecule has 2 fully saturated rings. The van der Waals surface area contributed by atoms with E-state index < -0.39 is 0 Å². The highest BCUT2D eigenvalue weighted by Crippen LogP contribution is 2.35. The van der Waals surface area contributed by atoms with E-state index in [2.05, 4.69) is 61.3 Å². The Balaban J connectivity index is 1.25. The fourth-order valence-corrected chi connectivity index (χ4v) is 5.40. The fraction of sp³-hybridized carbons (Fsp3) is 0.429. The molecule has 3 aromatic rings. The Hall–Kier alpha value is -2.72. The van der Waals surface area contributed by atoms with Gasteiger partial charge in [-0.05, 0) is 67.2 Å². The number of hydrogen-bond donors (Lipinski definition) is 0. The number of fused-ring (bicyclic) bond motifs is 1. The Morgan fingerprint density at radius 2 is 1.81 bits per heavy atom. The second kappa shape index (κ2) is 9.03. The highest BCUT2D eigenvalue weighted by atomic mass is 16.5. The lowest BCUT2D eigenvalue weighted by Gasteiger charge is -2.36. The van der Waals surface area contributed by atoms with Crippen LogP contribution < -0.4 is 0 Å². The number of likely N-dealkylation sites (tertiary alicyclic amines) is 1. The maximum absolute atomic E-state index is 12.6. The molecule has 32 heavy (non-hydrogen) atoms. The molecule has 2 aliphatic rings. The molecule has 3 heterocycles. The first-order valence-corrected chi connectivity index (χ1v) is 12.0. The number of pyridine rings is 1. The largest absolute Gasteiger partial charge is 0.368 e. The summed E-state index contributed by atoms with van der Waals surface area (Å²) < 4.78 is 5.60. The van der Waals surface area contributed by atoms with Crippen LogP contribution in [0.3, 0.4) is 0 Å². The molecule has 0 N–H and O–H groups in total. The summed E-state index contributed by atoms with van der Waals surface area (Å²) in [5.74, 6) is 1.30. The zero-order valence-corrected chi connectivity index (χ0v) is 19.1. The number of para-hydroxylation sites is 1. The standard InChI is InChI=1S/C28H32N2O2/c1-19(22-13-15-30(16-14-22)28(31)27-8-5-17-32-27)21-9-11-23(12-10-21)25-18-29-26-7-4-3-6-24(26)20(25)2/h3-4,6-7,9-12,18-19,22,27H,5,8,13-17H2,1-2H3/t19?,27-/m1/s1. The predicted octanol–water partition coefficient (Wildman–Crippen LogP) is 5.73. The van der Waals surface area contributed by atoms with Gasteiger partial charge in [0.2, 0.25) is 0 Å². The summed E-state index contributed by atoms with van der Waals surface area (Å²) in [7, 11) is 0. The van der Waals surface area contributed by atoms with Crippen molar-refractivity contribution in [3.8, 4) is 11.1 Å². The van der Waals surface area contributed by atoms with Gasteiger partial charge < -0.3 is 9.64 Å². The van der Waals surface area contributed by atoms with Crippen molar-refractivity contribution >= 4 is 16.8 Å². The van der Waals surface area contributed by atoms with Gasteiger partial charge >= 0.3 is 0 Å². The minimum absolute atomic E-state index is 0.190. The van der Waals surface area contributed by atoms with Gasteiger partial charge in [-0.3, -0.25) is 9.78 Å². The molecule has 1 amide bonds. The van der Waals surface area contributed by atoms with Gasteiger partial charge in [0.05, 0.1) is 5.52 Å². The van der Waals surface area contributed by atoms with Crippen LogP contribution in [0.2, 0.25) is 0 Å². The van der Waals surface area contributed by atoms with Crippen molar-refractivity contribution in [1.82, 2.24) is 9.88 Å². The van der Waals surface area contributed by atoms with Crippen molar-refractivity contribution < 1.29 is 9.53 Å². The van der Waals surface area contributed by atoms with E-state index >= 15 is 0 Å². The third kappa shape index (κ3) is 4.04. The number of rotatable bonds is 4. The summed E-state index contributed by atoms with van der Waals surface area (Å²) in [5, 5.41) is 1.21. The Bertz CT molecular complexity index is 1090. The van der Waals surface area contributed by atoms with Crippen molar-refractivity contribution in [1.29, 1.82) is 0 Å². The van der Waals surface area contributed by atoms with E-state index in [1.54, 1.807) is 0 Å². The van der Waals surface area contributed by atoms with Crippen LogP contribution in [0.5, 0.6) is 0 Å². The van der Waals surface area contributed by atoms with Crippen LogP contribution >= 0.6 is 0 Å². The van der Waals surface area contributed by atoms with Gasteiger partial charge in [0.15, 0.2) is 0 Å². The SMILES string of the molecule is Cc1c(-c2ccc(C(C)C3CCN(C(=O)[C@H]4CCCO4)CC3)cc2)cnc2ccccc12. The summed E-state index contributed by atoms with van der Waals surface area (Å²) in [6.45, 7) is 6.96. The Kier molecular flexibility index (Phi) is 5.97. The van der Waals surface area contributed by atoms with Gasteiger partial charge in [0, 0.05) is 36.8 Å². The van der Waals surface area contributed by atoms with E-state index in [4.69, 9.17) is 4.74 Å². The highest BCUT2D eigenvalue weighted by Gasteiger charge is 2.32. The van der Waals surface area contributed by atoms with Crippen LogP contribution in [0.4, 0.5) is 0 Å². The topological polar surface area (TPSA) is 42.4 Å². The van der Waals surface area contributed by atoms with Crippen LogP contribution in [0, 0.1) is 12.8 Å². The van der Waals surface area contributed by atoms with Crippen LogP contribution in [-0.4, -0.2) is 41.6 Å². The molecule has 0 saturated carbocycles. The van der Waals surface area contributed by atoms with Gasteiger partial charge in [-0.1, -0.05) is 49.4 Å². The quantitative estimate of drug-likeness (QED) is 0.533. The monoisotopic (exact) mass is 428 g/mol. The molecule has 2 saturated heterocycles. The molecule has 5 rings (SSSR count). The Morgan fingerprint density at radius 1 is 1.06 bits per heavy atom. The average molecular weight is 429 g/mol. The van der Waals surface area contributed by atoms with Crippen molar-refractivity contribution in [2.24, 2.45) is 5.92 Å². The van der Waals surface area contributed by atoms with Crippen molar-refractivity contribution in [3.63, 3.8) is 0 Å². The second-order valence-corrected chi connectivity index (χ2v) is 9.39. The molecular weight excluding hydrogens is 396 g/mol. The zero-order valence-electron chi connectivity index (χ0n) is 19.1. The minimum atomic E-state index is -0.190.